The van der Waals surface area contributed by atoms with E-state index in [1.165, 1.54) is 12.8 Å². The summed E-state index contributed by atoms with van der Waals surface area (Å²) in [5, 5.41) is 0. The molecule has 0 aromatic heterocycles. The van der Waals surface area contributed by atoms with Crippen molar-refractivity contribution < 1.29 is 9.53 Å². The zero-order valence-corrected chi connectivity index (χ0v) is 13.8. The summed E-state index contributed by atoms with van der Waals surface area (Å²) in [6.07, 6.45) is 3.98. The Kier molecular flexibility index (Phi) is 6.18. The van der Waals surface area contributed by atoms with Gasteiger partial charge >= 0.3 is 0 Å². The van der Waals surface area contributed by atoms with Crippen LogP contribution >= 0.6 is 11.8 Å². The molecular weight excluding hydrogens is 272 g/mol. The van der Waals surface area contributed by atoms with Gasteiger partial charge in [-0.25, -0.2) is 0 Å². The Bertz CT molecular complexity index is 309. The maximum absolute atomic E-state index is 12.4. The van der Waals surface area contributed by atoms with Crippen molar-refractivity contribution in [2.75, 3.05) is 38.2 Å². The highest BCUT2D eigenvalue weighted by Gasteiger charge is 2.31. The number of hydrogen-bond acceptors (Lipinski definition) is 4. The molecule has 2 heterocycles. The second kappa shape index (κ2) is 7.66. The largest absolute Gasteiger partial charge is 0.377 e. The molecule has 3 atom stereocenters. The quantitative estimate of drug-likeness (QED) is 0.793. The molecule has 0 spiro atoms. The summed E-state index contributed by atoms with van der Waals surface area (Å²) >= 11 is 1.74. The molecule has 2 aliphatic heterocycles. The lowest BCUT2D eigenvalue weighted by atomic mass is 10.1. The number of likely N-dealkylation sites (N-methyl/N-ethyl adjacent to an activating group) is 1. The predicted octanol–water partition coefficient (Wildman–Crippen LogP) is 1.84. The lowest BCUT2D eigenvalue weighted by molar-refractivity contribution is -0.135. The molecule has 4 nitrogen and oxygen atoms in total. The molecule has 2 rings (SSSR count). The van der Waals surface area contributed by atoms with E-state index in [0.29, 0.717) is 29.8 Å². The molecule has 2 saturated heterocycles. The number of thioether (sulfide) groups is 1. The summed E-state index contributed by atoms with van der Waals surface area (Å²) in [6.45, 7) is 7.16. The molecule has 0 aromatic rings. The van der Waals surface area contributed by atoms with Crippen LogP contribution in [-0.2, 0) is 9.53 Å². The fourth-order valence-corrected chi connectivity index (χ4v) is 4.34. The van der Waals surface area contributed by atoms with Gasteiger partial charge in [0, 0.05) is 37.5 Å². The highest BCUT2D eigenvalue weighted by atomic mass is 32.2. The first-order valence-corrected chi connectivity index (χ1v) is 8.92. The average Bonchev–Trinajstić information content (AvgIpc) is 2.38. The van der Waals surface area contributed by atoms with E-state index in [2.05, 4.69) is 30.7 Å². The van der Waals surface area contributed by atoms with E-state index in [0.717, 1.165) is 31.9 Å². The van der Waals surface area contributed by atoms with Gasteiger partial charge in [0.2, 0.25) is 5.91 Å². The lowest BCUT2D eigenvalue weighted by Gasteiger charge is -2.43. The summed E-state index contributed by atoms with van der Waals surface area (Å²) in [7, 11) is 2.13. The average molecular weight is 300 g/mol. The van der Waals surface area contributed by atoms with Gasteiger partial charge in [0.25, 0.3) is 0 Å². The van der Waals surface area contributed by atoms with Crippen LogP contribution in [0.15, 0.2) is 0 Å². The molecule has 5 heteroatoms. The van der Waals surface area contributed by atoms with Crippen molar-refractivity contribution in [3.8, 4) is 0 Å². The van der Waals surface area contributed by atoms with Crippen molar-refractivity contribution in [2.24, 2.45) is 0 Å². The number of carbonyl (C=O) groups is 1. The number of piperazine rings is 1. The molecule has 0 unspecified atom stereocenters. The lowest BCUT2D eigenvalue weighted by Crippen LogP contribution is -2.58. The third-order valence-corrected chi connectivity index (χ3v) is 5.25. The first-order valence-electron chi connectivity index (χ1n) is 7.77. The molecule has 0 saturated carbocycles. The second-order valence-electron chi connectivity index (χ2n) is 6.22. The number of ether oxygens (including phenoxy) is 1. The van der Waals surface area contributed by atoms with Gasteiger partial charge in [-0.05, 0) is 40.2 Å². The summed E-state index contributed by atoms with van der Waals surface area (Å²) in [6, 6.07) is 0.644. The maximum atomic E-state index is 12.4. The van der Waals surface area contributed by atoms with Crippen molar-refractivity contribution in [3.63, 3.8) is 0 Å². The molecule has 2 fully saturated rings. The zero-order valence-electron chi connectivity index (χ0n) is 13.0. The highest BCUT2D eigenvalue weighted by Crippen LogP contribution is 2.20. The molecule has 2 aliphatic rings. The van der Waals surface area contributed by atoms with Gasteiger partial charge in [-0.3, -0.25) is 4.79 Å². The number of amides is 1. The van der Waals surface area contributed by atoms with Crippen LogP contribution in [0.3, 0.4) is 0 Å². The minimum absolute atomic E-state index is 0.291. The van der Waals surface area contributed by atoms with Crippen LogP contribution < -0.4 is 0 Å². The molecule has 0 aliphatic carbocycles. The van der Waals surface area contributed by atoms with Gasteiger partial charge in [-0.15, -0.1) is 11.8 Å². The van der Waals surface area contributed by atoms with Gasteiger partial charge in [-0.2, -0.15) is 0 Å². The normalized spacial score (nSPS) is 32.4. The second-order valence-corrected chi connectivity index (χ2v) is 7.25. The fraction of sp³-hybridized carbons (Fsp3) is 0.933. The van der Waals surface area contributed by atoms with Crippen molar-refractivity contribution in [1.29, 1.82) is 0 Å². The van der Waals surface area contributed by atoms with Crippen LogP contribution in [0.5, 0.6) is 0 Å². The molecule has 0 radical (unpaired) electrons. The maximum Gasteiger partial charge on any atom is 0.233 e. The van der Waals surface area contributed by atoms with Crippen molar-refractivity contribution >= 4 is 17.7 Å². The molecular formula is C15H28N2O2S. The molecule has 1 amide bonds. The minimum atomic E-state index is 0.291. The monoisotopic (exact) mass is 300 g/mol. The number of rotatable bonds is 4. The highest BCUT2D eigenvalue weighted by molar-refractivity contribution is 7.99. The van der Waals surface area contributed by atoms with Gasteiger partial charge in [0.15, 0.2) is 0 Å². The van der Waals surface area contributed by atoms with Crippen LogP contribution in [0.1, 0.15) is 33.1 Å². The zero-order chi connectivity index (χ0) is 14.5. The number of nitrogens with zero attached hydrogens (tertiary/aromatic N) is 2. The standard InChI is InChI=1S/C15H28N2O2S/c1-12-8-16(3)9-13(2)17(12)15(18)11-20-10-14-6-4-5-7-19-14/h12-14H,4-11H2,1-3H3/t12-,13+,14-/m0/s1. The molecule has 116 valence electrons. The van der Waals surface area contributed by atoms with Crippen molar-refractivity contribution in [3.05, 3.63) is 0 Å². The van der Waals surface area contributed by atoms with Crippen LogP contribution in [0.2, 0.25) is 0 Å². The van der Waals surface area contributed by atoms with E-state index in [9.17, 15) is 4.79 Å². The summed E-state index contributed by atoms with van der Waals surface area (Å²) < 4.78 is 5.71. The molecule has 0 bridgehead atoms. The number of hydrogen-bond donors (Lipinski definition) is 0. The first-order chi connectivity index (χ1) is 9.58. The minimum Gasteiger partial charge on any atom is -0.377 e. The summed E-state index contributed by atoms with van der Waals surface area (Å²) in [5.41, 5.74) is 0. The van der Waals surface area contributed by atoms with E-state index >= 15 is 0 Å². The molecule has 20 heavy (non-hydrogen) atoms. The van der Waals surface area contributed by atoms with Crippen molar-refractivity contribution in [1.82, 2.24) is 9.80 Å². The first kappa shape index (κ1) is 16.1. The van der Waals surface area contributed by atoms with E-state index in [-0.39, 0.29) is 0 Å². The van der Waals surface area contributed by atoms with E-state index in [1.807, 2.05) is 0 Å². The molecule has 0 N–H and O–H groups in total. The van der Waals surface area contributed by atoms with Crippen molar-refractivity contribution in [2.45, 2.75) is 51.3 Å². The van der Waals surface area contributed by atoms with Gasteiger partial charge in [0.05, 0.1) is 11.9 Å². The Labute approximate surface area is 127 Å². The third-order valence-electron chi connectivity index (χ3n) is 4.19. The fourth-order valence-electron chi connectivity index (χ4n) is 3.37. The predicted molar refractivity (Wildman–Crippen MR) is 84.2 cm³/mol. The van der Waals surface area contributed by atoms with Crippen LogP contribution in [0, 0.1) is 0 Å². The van der Waals surface area contributed by atoms with E-state index in [1.54, 1.807) is 11.8 Å². The Morgan fingerprint density at radius 2 is 1.95 bits per heavy atom. The molecule has 0 aromatic carbocycles. The van der Waals surface area contributed by atoms with Crippen LogP contribution in [0.4, 0.5) is 0 Å². The summed E-state index contributed by atoms with van der Waals surface area (Å²) in [4.78, 5) is 16.8. The Morgan fingerprint density at radius 3 is 2.55 bits per heavy atom. The van der Waals surface area contributed by atoms with Crippen LogP contribution in [0.25, 0.3) is 0 Å². The van der Waals surface area contributed by atoms with Gasteiger partial charge in [0.1, 0.15) is 0 Å². The summed E-state index contributed by atoms with van der Waals surface area (Å²) in [5.74, 6) is 1.85. The van der Waals surface area contributed by atoms with E-state index < -0.39 is 0 Å². The van der Waals surface area contributed by atoms with Gasteiger partial charge in [-0.1, -0.05) is 0 Å². The third kappa shape index (κ3) is 4.37. The number of carbonyl (C=O) groups excluding carboxylic acids is 1. The smallest absolute Gasteiger partial charge is 0.233 e. The Morgan fingerprint density at radius 1 is 1.25 bits per heavy atom. The Hall–Kier alpha value is -0.260. The van der Waals surface area contributed by atoms with E-state index in [4.69, 9.17) is 4.74 Å². The topological polar surface area (TPSA) is 32.8 Å². The Balaban J connectivity index is 1.73. The van der Waals surface area contributed by atoms with Crippen LogP contribution in [-0.4, -0.2) is 72.1 Å². The van der Waals surface area contributed by atoms with Gasteiger partial charge < -0.3 is 14.5 Å². The SMILES string of the molecule is C[C@@H]1CN(C)C[C@H](C)N1C(=O)CSC[C@@H]1CCCCO1.